The average Bonchev–Trinajstić information content (AvgIpc) is 2.53. The highest BCUT2D eigenvalue weighted by molar-refractivity contribution is 5.65. The molecule has 0 radical (unpaired) electrons. The molecular formula is C19H22F2O. The third kappa shape index (κ3) is 3.85. The van der Waals surface area contributed by atoms with E-state index in [2.05, 4.69) is 6.92 Å². The Hall–Kier alpha value is -1.90. The lowest BCUT2D eigenvalue weighted by molar-refractivity contribution is 0.314. The van der Waals surface area contributed by atoms with Crippen molar-refractivity contribution < 1.29 is 13.5 Å². The molecule has 22 heavy (non-hydrogen) atoms. The number of ether oxygens (including phenoxy) is 1. The van der Waals surface area contributed by atoms with Crippen molar-refractivity contribution in [1.29, 1.82) is 0 Å². The lowest BCUT2D eigenvalue weighted by Crippen LogP contribution is -1.98. The second-order valence-electron chi connectivity index (χ2n) is 5.33. The Balaban J connectivity index is 2.19. The van der Waals surface area contributed by atoms with Gasteiger partial charge in [-0.3, -0.25) is 0 Å². The quantitative estimate of drug-likeness (QED) is 0.591. The molecule has 0 aliphatic heterocycles. The van der Waals surface area contributed by atoms with E-state index in [1.165, 1.54) is 24.5 Å². The van der Waals surface area contributed by atoms with Crippen LogP contribution in [-0.4, -0.2) is 6.61 Å². The predicted octanol–water partition coefficient (Wildman–Crippen LogP) is 5.76. The molecule has 0 aliphatic carbocycles. The van der Waals surface area contributed by atoms with Gasteiger partial charge in [-0.2, -0.15) is 4.39 Å². The van der Waals surface area contributed by atoms with E-state index in [0.717, 1.165) is 12.8 Å². The first-order valence-electron chi connectivity index (χ1n) is 7.87. The molecule has 2 aromatic rings. The summed E-state index contributed by atoms with van der Waals surface area (Å²) < 4.78 is 33.2. The second-order valence-corrected chi connectivity index (χ2v) is 5.33. The van der Waals surface area contributed by atoms with Crippen LogP contribution in [0, 0.1) is 11.6 Å². The normalized spacial score (nSPS) is 10.7. The van der Waals surface area contributed by atoms with Crippen LogP contribution in [0.25, 0.3) is 11.1 Å². The van der Waals surface area contributed by atoms with Crippen LogP contribution in [0.3, 0.4) is 0 Å². The molecule has 0 saturated heterocycles. The number of unbranched alkanes of at least 4 members (excludes halogenated alkanes) is 2. The number of benzene rings is 2. The lowest BCUT2D eigenvalue weighted by Gasteiger charge is -2.10. The smallest absolute Gasteiger partial charge is 0.201 e. The van der Waals surface area contributed by atoms with Crippen LogP contribution in [-0.2, 0) is 6.42 Å². The third-order valence-corrected chi connectivity index (χ3v) is 3.68. The van der Waals surface area contributed by atoms with E-state index in [0.29, 0.717) is 12.2 Å². The summed E-state index contributed by atoms with van der Waals surface area (Å²) in [6, 6.07) is 10.7. The molecule has 0 unspecified atom stereocenters. The van der Waals surface area contributed by atoms with Crippen molar-refractivity contribution in [2.45, 2.75) is 39.5 Å². The van der Waals surface area contributed by atoms with E-state index >= 15 is 0 Å². The van der Waals surface area contributed by atoms with Crippen molar-refractivity contribution >= 4 is 0 Å². The van der Waals surface area contributed by atoms with Crippen LogP contribution in [0.15, 0.2) is 36.4 Å². The molecule has 0 amide bonds. The van der Waals surface area contributed by atoms with Gasteiger partial charge in [0, 0.05) is 5.56 Å². The number of hydrogen-bond acceptors (Lipinski definition) is 1. The van der Waals surface area contributed by atoms with Gasteiger partial charge >= 0.3 is 0 Å². The number of hydrogen-bond donors (Lipinski definition) is 0. The monoisotopic (exact) mass is 304 g/mol. The first-order valence-corrected chi connectivity index (χ1v) is 7.87. The lowest BCUT2D eigenvalue weighted by atomic mass is 10.0. The summed E-state index contributed by atoms with van der Waals surface area (Å²) in [6.45, 7) is 4.22. The van der Waals surface area contributed by atoms with Gasteiger partial charge in [-0.1, -0.05) is 44.0 Å². The first kappa shape index (κ1) is 16.5. The van der Waals surface area contributed by atoms with Gasteiger partial charge in [0.25, 0.3) is 0 Å². The molecule has 118 valence electrons. The summed E-state index contributed by atoms with van der Waals surface area (Å²) in [7, 11) is 0. The Labute approximate surface area is 130 Å². The van der Waals surface area contributed by atoms with E-state index in [-0.39, 0.29) is 11.3 Å². The maximum absolute atomic E-state index is 14.2. The van der Waals surface area contributed by atoms with Crippen molar-refractivity contribution in [3.63, 3.8) is 0 Å². The SMILES string of the molecule is CCCCCc1ccc(-c2ccc(OCC)c(F)c2F)cc1. The van der Waals surface area contributed by atoms with Gasteiger partial charge < -0.3 is 4.74 Å². The molecule has 0 bridgehead atoms. The Morgan fingerprint density at radius 3 is 2.23 bits per heavy atom. The fourth-order valence-corrected chi connectivity index (χ4v) is 2.45. The second kappa shape index (κ2) is 7.92. The van der Waals surface area contributed by atoms with Crippen LogP contribution in [0.2, 0.25) is 0 Å². The van der Waals surface area contributed by atoms with Gasteiger partial charge in [-0.05, 0) is 43.0 Å². The van der Waals surface area contributed by atoms with Gasteiger partial charge in [0.05, 0.1) is 6.61 Å². The van der Waals surface area contributed by atoms with Crippen LogP contribution >= 0.6 is 0 Å². The van der Waals surface area contributed by atoms with Gasteiger partial charge in [-0.15, -0.1) is 0 Å². The van der Waals surface area contributed by atoms with Gasteiger partial charge in [0.1, 0.15) is 0 Å². The first-order chi connectivity index (χ1) is 10.7. The standard InChI is InChI=1S/C19H22F2O/c1-3-5-6-7-14-8-10-15(11-9-14)16-12-13-17(22-4-2)19(21)18(16)20/h8-13H,3-7H2,1-2H3. The molecule has 0 fully saturated rings. The van der Waals surface area contributed by atoms with E-state index in [4.69, 9.17) is 4.74 Å². The fourth-order valence-electron chi connectivity index (χ4n) is 2.45. The molecular weight excluding hydrogens is 282 g/mol. The van der Waals surface area contributed by atoms with Crippen LogP contribution in [0.5, 0.6) is 5.75 Å². The minimum atomic E-state index is -0.925. The zero-order valence-corrected chi connectivity index (χ0v) is 13.2. The molecule has 0 aliphatic rings. The Kier molecular flexibility index (Phi) is 5.93. The Morgan fingerprint density at radius 2 is 1.59 bits per heavy atom. The van der Waals surface area contributed by atoms with E-state index in [1.54, 1.807) is 13.0 Å². The Bertz CT molecular complexity index is 606. The molecule has 3 heteroatoms. The van der Waals surface area contributed by atoms with Crippen molar-refractivity contribution in [2.75, 3.05) is 6.61 Å². The van der Waals surface area contributed by atoms with Crippen molar-refractivity contribution in [3.8, 4) is 16.9 Å². The molecule has 0 N–H and O–H groups in total. The van der Waals surface area contributed by atoms with Crippen LogP contribution in [0.1, 0.15) is 38.7 Å². The van der Waals surface area contributed by atoms with Crippen molar-refractivity contribution in [1.82, 2.24) is 0 Å². The van der Waals surface area contributed by atoms with E-state index in [9.17, 15) is 8.78 Å². The molecule has 0 heterocycles. The largest absolute Gasteiger partial charge is 0.491 e. The summed E-state index contributed by atoms with van der Waals surface area (Å²) in [5.74, 6) is -1.82. The third-order valence-electron chi connectivity index (χ3n) is 3.68. The van der Waals surface area contributed by atoms with Crippen molar-refractivity contribution in [3.05, 3.63) is 53.6 Å². The minimum absolute atomic E-state index is 0.0417. The summed E-state index contributed by atoms with van der Waals surface area (Å²) in [4.78, 5) is 0. The van der Waals surface area contributed by atoms with Gasteiger partial charge in [-0.25, -0.2) is 4.39 Å². The molecule has 0 aromatic heterocycles. The average molecular weight is 304 g/mol. The molecule has 2 aromatic carbocycles. The summed E-state index contributed by atoms with van der Waals surface area (Å²) in [5, 5.41) is 0. The number of halogens is 2. The zero-order chi connectivity index (χ0) is 15.9. The predicted molar refractivity (Wildman–Crippen MR) is 86.2 cm³/mol. The topological polar surface area (TPSA) is 9.23 Å². The van der Waals surface area contributed by atoms with Crippen LogP contribution in [0.4, 0.5) is 8.78 Å². The number of rotatable bonds is 7. The maximum atomic E-state index is 14.2. The molecule has 0 saturated carbocycles. The molecule has 2 rings (SSSR count). The van der Waals surface area contributed by atoms with Crippen LogP contribution < -0.4 is 4.74 Å². The van der Waals surface area contributed by atoms with E-state index < -0.39 is 11.6 Å². The Morgan fingerprint density at radius 1 is 0.864 bits per heavy atom. The highest BCUT2D eigenvalue weighted by Gasteiger charge is 2.15. The zero-order valence-electron chi connectivity index (χ0n) is 13.2. The number of aryl methyl sites for hydroxylation is 1. The summed E-state index contributed by atoms with van der Waals surface area (Å²) >= 11 is 0. The molecule has 0 atom stereocenters. The highest BCUT2D eigenvalue weighted by atomic mass is 19.2. The summed E-state index contributed by atoms with van der Waals surface area (Å²) in [6.07, 6.45) is 4.57. The molecule has 0 spiro atoms. The summed E-state index contributed by atoms with van der Waals surface area (Å²) in [5.41, 5.74) is 2.17. The fraction of sp³-hybridized carbons (Fsp3) is 0.368. The van der Waals surface area contributed by atoms with Gasteiger partial charge in [0.15, 0.2) is 11.6 Å². The van der Waals surface area contributed by atoms with Crippen molar-refractivity contribution in [2.24, 2.45) is 0 Å². The molecule has 1 nitrogen and oxygen atoms in total. The minimum Gasteiger partial charge on any atom is -0.491 e. The maximum Gasteiger partial charge on any atom is 0.201 e. The van der Waals surface area contributed by atoms with Gasteiger partial charge in [0.2, 0.25) is 5.82 Å². The highest BCUT2D eigenvalue weighted by Crippen LogP contribution is 2.30. The van der Waals surface area contributed by atoms with E-state index in [1.807, 2.05) is 24.3 Å².